The lowest BCUT2D eigenvalue weighted by Gasteiger charge is -2.44. The number of anilines is 2. The Bertz CT molecular complexity index is 1610. The third-order valence-electron chi connectivity index (χ3n) is 7.79. The number of benzene rings is 2. The summed E-state index contributed by atoms with van der Waals surface area (Å²) in [5.74, 6) is -0.977. The third kappa shape index (κ3) is 7.20. The minimum absolute atomic E-state index is 0.0446. The maximum atomic E-state index is 15.5. The van der Waals surface area contributed by atoms with Gasteiger partial charge >= 0.3 is 6.36 Å². The number of aromatic nitrogens is 2. The summed E-state index contributed by atoms with van der Waals surface area (Å²) in [6.07, 6.45) is 0.272. The van der Waals surface area contributed by atoms with E-state index < -0.39 is 6.36 Å². The first-order valence-corrected chi connectivity index (χ1v) is 15.0. The van der Waals surface area contributed by atoms with Gasteiger partial charge in [-0.2, -0.15) is 0 Å². The number of pyridine rings is 1. The molecular formula is C32H34ClF4N5O2. The second-order valence-corrected chi connectivity index (χ2v) is 11.2. The molecule has 1 aliphatic rings. The Morgan fingerprint density at radius 2 is 1.86 bits per heavy atom. The van der Waals surface area contributed by atoms with Crippen molar-refractivity contribution in [1.29, 1.82) is 0 Å². The third-order valence-corrected chi connectivity index (χ3v) is 8.01. The Hall–Kier alpha value is -3.99. The highest BCUT2D eigenvalue weighted by molar-refractivity contribution is 6.30. The quantitative estimate of drug-likeness (QED) is 0.185. The number of nitrogens with zero attached hydrogens (tertiary/aromatic N) is 4. The van der Waals surface area contributed by atoms with Crippen LogP contribution in [0.25, 0.3) is 5.65 Å². The molecule has 1 saturated heterocycles. The maximum absolute atomic E-state index is 15.5. The second kappa shape index (κ2) is 13.3. The number of aryl methyl sites for hydroxylation is 1. The number of rotatable bonds is 10. The molecule has 1 atom stereocenters. The molecule has 1 N–H and O–H groups in total. The molecule has 0 spiro atoms. The Labute approximate surface area is 258 Å². The molecule has 3 heterocycles. The number of fused-ring (bicyclic) bond motifs is 1. The number of halogens is 5. The van der Waals surface area contributed by atoms with Crippen molar-refractivity contribution >= 4 is 34.5 Å². The Morgan fingerprint density at radius 3 is 2.55 bits per heavy atom. The van der Waals surface area contributed by atoms with Gasteiger partial charge in [0.2, 0.25) is 0 Å². The van der Waals surface area contributed by atoms with Crippen molar-refractivity contribution in [2.24, 2.45) is 0 Å². The first kappa shape index (κ1) is 31.4. The van der Waals surface area contributed by atoms with Gasteiger partial charge in [0.15, 0.2) is 0 Å². The van der Waals surface area contributed by atoms with Crippen molar-refractivity contribution in [3.05, 3.63) is 88.6 Å². The predicted molar refractivity (Wildman–Crippen MR) is 163 cm³/mol. The molecule has 1 fully saturated rings. The largest absolute Gasteiger partial charge is 0.573 e. The van der Waals surface area contributed by atoms with Crippen LogP contribution in [-0.2, 0) is 13.0 Å². The van der Waals surface area contributed by atoms with Crippen LogP contribution in [0.1, 0.15) is 54.9 Å². The van der Waals surface area contributed by atoms with Gasteiger partial charge in [0.25, 0.3) is 5.91 Å². The van der Waals surface area contributed by atoms with E-state index in [0.717, 1.165) is 24.9 Å². The van der Waals surface area contributed by atoms with E-state index in [-0.39, 0.29) is 30.1 Å². The molecule has 44 heavy (non-hydrogen) atoms. The Morgan fingerprint density at radius 1 is 1.09 bits per heavy atom. The number of carbonyl (C=O) groups excluding carboxylic acids is 1. The molecular weight excluding hydrogens is 598 g/mol. The van der Waals surface area contributed by atoms with Crippen LogP contribution in [0, 0.1) is 5.82 Å². The number of piperazine rings is 1. The summed E-state index contributed by atoms with van der Waals surface area (Å²) in [6.45, 7) is 5.82. The number of ether oxygens (including phenoxy) is 1. The topological polar surface area (TPSA) is 62.1 Å². The van der Waals surface area contributed by atoms with Gasteiger partial charge in [0, 0.05) is 44.1 Å². The van der Waals surface area contributed by atoms with E-state index in [9.17, 15) is 18.0 Å². The van der Waals surface area contributed by atoms with Crippen LogP contribution in [0.3, 0.4) is 0 Å². The number of hydrogen-bond donors (Lipinski definition) is 1. The highest BCUT2D eigenvalue weighted by Crippen LogP contribution is 2.31. The molecule has 2 aromatic heterocycles. The second-order valence-electron chi connectivity index (χ2n) is 10.8. The number of amides is 1. The van der Waals surface area contributed by atoms with Crippen LogP contribution >= 0.6 is 11.6 Å². The van der Waals surface area contributed by atoms with E-state index in [1.165, 1.54) is 18.2 Å². The maximum Gasteiger partial charge on any atom is 0.573 e. The molecule has 0 aliphatic carbocycles. The van der Waals surface area contributed by atoms with E-state index in [4.69, 9.17) is 11.6 Å². The van der Waals surface area contributed by atoms with Crippen molar-refractivity contribution in [2.45, 2.75) is 58.5 Å². The average molecular weight is 632 g/mol. The normalized spacial score (nSPS) is 15.6. The molecule has 0 radical (unpaired) electrons. The molecule has 7 nitrogen and oxygen atoms in total. The van der Waals surface area contributed by atoms with E-state index in [1.807, 2.05) is 11.8 Å². The van der Waals surface area contributed by atoms with Gasteiger partial charge in [-0.25, -0.2) is 9.37 Å². The predicted octanol–water partition coefficient (Wildman–Crippen LogP) is 7.40. The number of alkyl halides is 3. The molecule has 1 amide bonds. The van der Waals surface area contributed by atoms with Gasteiger partial charge in [0.05, 0.1) is 16.4 Å². The summed E-state index contributed by atoms with van der Waals surface area (Å²) < 4.78 is 58.9. The number of hydrogen-bond acceptors (Lipinski definition) is 5. The van der Waals surface area contributed by atoms with Crippen molar-refractivity contribution in [3.63, 3.8) is 0 Å². The molecule has 12 heteroatoms. The molecule has 0 unspecified atom stereocenters. The lowest BCUT2D eigenvalue weighted by molar-refractivity contribution is -0.274. The zero-order valence-corrected chi connectivity index (χ0v) is 25.3. The molecule has 5 rings (SSSR count). The monoisotopic (exact) mass is 631 g/mol. The zero-order chi connectivity index (χ0) is 31.4. The van der Waals surface area contributed by atoms with Gasteiger partial charge < -0.3 is 19.9 Å². The van der Waals surface area contributed by atoms with Gasteiger partial charge in [-0.1, -0.05) is 44.4 Å². The lowest BCUT2D eigenvalue weighted by Crippen LogP contribution is -2.53. The highest BCUT2D eigenvalue weighted by Gasteiger charge is 2.32. The molecule has 0 saturated carbocycles. The highest BCUT2D eigenvalue weighted by atomic mass is 35.5. The van der Waals surface area contributed by atoms with Crippen molar-refractivity contribution < 1.29 is 27.1 Å². The minimum Gasteiger partial charge on any atom is -0.406 e. The minimum atomic E-state index is -4.75. The van der Waals surface area contributed by atoms with E-state index in [1.54, 1.807) is 47.0 Å². The van der Waals surface area contributed by atoms with E-state index >= 15 is 4.39 Å². The fourth-order valence-electron chi connectivity index (χ4n) is 5.68. The first-order valence-electron chi connectivity index (χ1n) is 14.7. The average Bonchev–Trinajstić information content (AvgIpc) is 3.36. The number of unbranched alkanes of at least 4 members (excludes halogenated alkanes) is 1. The van der Waals surface area contributed by atoms with Crippen LogP contribution in [0.5, 0.6) is 5.75 Å². The van der Waals surface area contributed by atoms with Crippen molar-refractivity contribution in [2.75, 3.05) is 29.4 Å². The molecule has 4 aromatic rings. The number of carbonyl (C=O) groups is 1. The summed E-state index contributed by atoms with van der Waals surface area (Å²) in [4.78, 5) is 21.8. The van der Waals surface area contributed by atoms with Crippen LogP contribution in [0.2, 0.25) is 5.02 Å². The molecule has 0 bridgehead atoms. The summed E-state index contributed by atoms with van der Waals surface area (Å²) >= 11 is 6.15. The lowest BCUT2D eigenvalue weighted by atomic mass is 10.0. The van der Waals surface area contributed by atoms with Gasteiger partial charge in [-0.15, -0.1) is 13.2 Å². The number of nitrogens with one attached hydrogen (secondary N) is 1. The van der Waals surface area contributed by atoms with Crippen LogP contribution in [0.15, 0.2) is 60.8 Å². The summed E-state index contributed by atoms with van der Waals surface area (Å²) in [5.41, 5.74) is 3.56. The first-order chi connectivity index (χ1) is 21.1. The van der Waals surface area contributed by atoms with Crippen LogP contribution in [-0.4, -0.2) is 47.3 Å². The smallest absolute Gasteiger partial charge is 0.406 e. The van der Waals surface area contributed by atoms with E-state index in [2.05, 4.69) is 26.9 Å². The fourth-order valence-corrected chi connectivity index (χ4v) is 5.84. The van der Waals surface area contributed by atoms with E-state index in [0.29, 0.717) is 59.4 Å². The van der Waals surface area contributed by atoms with Gasteiger partial charge in [-0.05, 0) is 66.9 Å². The zero-order valence-electron chi connectivity index (χ0n) is 24.5. The fraction of sp³-hybridized carbons (Fsp3) is 0.375. The summed E-state index contributed by atoms with van der Waals surface area (Å²) in [7, 11) is 0. The summed E-state index contributed by atoms with van der Waals surface area (Å²) in [6, 6.07) is 14.4. The number of imidazole rings is 1. The van der Waals surface area contributed by atoms with Gasteiger partial charge in [-0.3, -0.25) is 9.20 Å². The molecule has 2 aromatic carbocycles. The summed E-state index contributed by atoms with van der Waals surface area (Å²) in [5, 5.41) is 3.37. The standard InChI is InChI=1S/C32H34ClF4N5O2/c1-3-5-6-24-20-40(15-16-41(24)23-9-11-25(12-10-23)44-32(35,36)37)28-13-7-21(17-26(28)34)18-38-31(43)30-27(4-2)39-29-14-8-22(33)19-42(29)30/h7-14,17,19,24H,3-6,15-16,18,20H2,1-2H3,(H,38,43)/t24-/m0/s1. The van der Waals surface area contributed by atoms with Crippen molar-refractivity contribution in [1.82, 2.24) is 14.7 Å². The van der Waals surface area contributed by atoms with Crippen LogP contribution < -0.4 is 19.9 Å². The SMILES string of the molecule is CCCC[C@H]1CN(c2ccc(CNC(=O)c3c(CC)nc4ccc(Cl)cn34)cc2F)CCN1c1ccc(OC(F)(F)F)cc1. The Balaban J connectivity index is 1.26. The van der Waals surface area contributed by atoms with Gasteiger partial charge in [0.1, 0.15) is 22.9 Å². The Kier molecular flexibility index (Phi) is 9.53. The van der Waals surface area contributed by atoms with Crippen LogP contribution in [0.4, 0.5) is 28.9 Å². The molecule has 1 aliphatic heterocycles. The van der Waals surface area contributed by atoms with Crippen molar-refractivity contribution in [3.8, 4) is 5.75 Å². The molecule has 234 valence electrons.